The molecule has 0 unspecified atom stereocenters. The van der Waals surface area contributed by atoms with Crippen molar-refractivity contribution in [1.29, 1.82) is 0 Å². The molecular formula is C19H18N4O6. The maximum Gasteiger partial charge on any atom is 0.277 e. The van der Waals surface area contributed by atoms with Gasteiger partial charge < -0.3 is 14.8 Å². The number of fused-ring (bicyclic) bond motifs is 2. The Balaban J connectivity index is 1.80. The van der Waals surface area contributed by atoms with Crippen molar-refractivity contribution in [3.63, 3.8) is 0 Å². The summed E-state index contributed by atoms with van der Waals surface area (Å²) >= 11 is 0. The van der Waals surface area contributed by atoms with E-state index in [2.05, 4.69) is 15.5 Å². The van der Waals surface area contributed by atoms with Gasteiger partial charge in [0, 0.05) is 23.3 Å². The molecule has 5 rings (SSSR count). The van der Waals surface area contributed by atoms with Crippen molar-refractivity contribution < 1.29 is 19.2 Å². The van der Waals surface area contributed by atoms with Crippen LogP contribution in [-0.2, 0) is 4.79 Å². The molecule has 0 spiro atoms. The Hall–Kier alpha value is -3.56. The fraction of sp³-hybridized carbons (Fsp3) is 0.368. The van der Waals surface area contributed by atoms with E-state index in [1.807, 2.05) is 13.8 Å². The van der Waals surface area contributed by atoms with E-state index >= 15 is 0 Å². The number of Topliss-reactive ketones (excluding diaryl/α,β-unsaturated/α-hetero) is 1. The third kappa shape index (κ3) is 2.55. The van der Waals surface area contributed by atoms with Crippen LogP contribution in [0.15, 0.2) is 28.2 Å². The standard InChI is InChI=1S/C19H18N4O6/c1-19(2)5-9-15(11(24)6-19)14(16-17(20-9)21-22-18(16)25)8-3-12-13(29-7-28-12)4-10(8)23(26)27/h3-4,14H,5-7H2,1-2H3,(H3,20,21,22,25)/t14-/m1/s1. The lowest BCUT2D eigenvalue weighted by molar-refractivity contribution is -0.385. The molecule has 0 fully saturated rings. The Kier molecular flexibility index (Phi) is 3.46. The second-order valence-electron chi connectivity index (χ2n) is 8.28. The number of ether oxygens (including phenoxy) is 2. The molecule has 2 aliphatic heterocycles. The molecule has 10 nitrogen and oxygen atoms in total. The summed E-state index contributed by atoms with van der Waals surface area (Å²) in [6.45, 7) is 3.94. The summed E-state index contributed by atoms with van der Waals surface area (Å²) in [5.74, 6) is 0.0178. The number of ketones is 1. The van der Waals surface area contributed by atoms with Gasteiger partial charge in [0.1, 0.15) is 5.82 Å². The summed E-state index contributed by atoms with van der Waals surface area (Å²) in [6.07, 6.45) is 0.871. The van der Waals surface area contributed by atoms with Crippen LogP contribution in [0.2, 0.25) is 0 Å². The number of anilines is 1. The highest BCUT2D eigenvalue weighted by atomic mass is 16.7. The largest absolute Gasteiger partial charge is 0.454 e. The van der Waals surface area contributed by atoms with Gasteiger partial charge in [-0.15, -0.1) is 0 Å². The van der Waals surface area contributed by atoms with Crippen molar-refractivity contribution >= 4 is 17.3 Å². The predicted octanol–water partition coefficient (Wildman–Crippen LogP) is 2.54. The zero-order chi connectivity index (χ0) is 20.5. The molecule has 1 aromatic heterocycles. The van der Waals surface area contributed by atoms with E-state index < -0.39 is 16.4 Å². The first-order chi connectivity index (χ1) is 13.7. The van der Waals surface area contributed by atoms with E-state index in [-0.39, 0.29) is 40.6 Å². The zero-order valence-electron chi connectivity index (χ0n) is 15.8. The van der Waals surface area contributed by atoms with Crippen LogP contribution in [-0.4, -0.2) is 27.7 Å². The predicted molar refractivity (Wildman–Crippen MR) is 101 cm³/mol. The van der Waals surface area contributed by atoms with Crippen LogP contribution in [0, 0.1) is 15.5 Å². The van der Waals surface area contributed by atoms with Gasteiger partial charge >= 0.3 is 0 Å². The minimum absolute atomic E-state index is 0.0424. The molecule has 0 saturated heterocycles. The minimum Gasteiger partial charge on any atom is -0.454 e. The molecule has 1 aliphatic carbocycles. The van der Waals surface area contributed by atoms with E-state index in [1.54, 1.807) is 0 Å². The molecule has 150 valence electrons. The normalized spacial score (nSPS) is 21.4. The lowest BCUT2D eigenvalue weighted by Gasteiger charge is -2.37. The van der Waals surface area contributed by atoms with Crippen molar-refractivity contribution in [2.24, 2.45) is 5.41 Å². The van der Waals surface area contributed by atoms with Gasteiger partial charge in [0.15, 0.2) is 17.3 Å². The monoisotopic (exact) mass is 398 g/mol. The molecule has 3 N–H and O–H groups in total. The van der Waals surface area contributed by atoms with Gasteiger partial charge in [0.25, 0.3) is 11.2 Å². The van der Waals surface area contributed by atoms with Crippen molar-refractivity contribution in [3.05, 3.63) is 55.0 Å². The van der Waals surface area contributed by atoms with Gasteiger partial charge in [-0.2, -0.15) is 0 Å². The fourth-order valence-electron chi connectivity index (χ4n) is 4.47. The maximum absolute atomic E-state index is 13.1. The number of nitro benzene ring substituents is 1. The Morgan fingerprint density at radius 1 is 1.14 bits per heavy atom. The summed E-state index contributed by atoms with van der Waals surface area (Å²) in [7, 11) is 0. The number of nitrogens with one attached hydrogen (secondary N) is 3. The van der Waals surface area contributed by atoms with Crippen LogP contribution in [0.4, 0.5) is 11.5 Å². The molecule has 0 bridgehead atoms. The summed E-state index contributed by atoms with van der Waals surface area (Å²) in [6, 6.07) is 2.79. The van der Waals surface area contributed by atoms with Crippen LogP contribution in [0.25, 0.3) is 0 Å². The number of carbonyl (C=O) groups is 1. The summed E-state index contributed by atoms with van der Waals surface area (Å²) in [5, 5.41) is 20.3. The molecule has 29 heavy (non-hydrogen) atoms. The number of hydrogen-bond donors (Lipinski definition) is 3. The topological polar surface area (TPSA) is 139 Å². The van der Waals surface area contributed by atoms with Gasteiger partial charge in [-0.3, -0.25) is 29.9 Å². The second-order valence-corrected chi connectivity index (χ2v) is 8.28. The van der Waals surface area contributed by atoms with Crippen LogP contribution >= 0.6 is 0 Å². The third-order valence-corrected chi connectivity index (χ3v) is 5.62. The molecule has 3 heterocycles. The van der Waals surface area contributed by atoms with E-state index in [0.29, 0.717) is 35.7 Å². The Labute approximate surface area is 164 Å². The van der Waals surface area contributed by atoms with Crippen LogP contribution in [0.1, 0.15) is 43.7 Å². The van der Waals surface area contributed by atoms with E-state index in [4.69, 9.17) is 9.47 Å². The summed E-state index contributed by atoms with van der Waals surface area (Å²) in [4.78, 5) is 37.0. The number of aromatic amines is 2. The first-order valence-corrected chi connectivity index (χ1v) is 9.17. The lowest BCUT2D eigenvalue weighted by Crippen LogP contribution is -2.35. The van der Waals surface area contributed by atoms with Crippen LogP contribution in [0.5, 0.6) is 11.5 Å². The highest BCUT2D eigenvalue weighted by Crippen LogP contribution is 2.51. The number of nitrogens with zero attached hydrogens (tertiary/aromatic N) is 1. The number of rotatable bonds is 2. The first kappa shape index (κ1) is 17.5. The van der Waals surface area contributed by atoms with Gasteiger partial charge in [-0.1, -0.05) is 13.8 Å². The van der Waals surface area contributed by atoms with Gasteiger partial charge in [0.2, 0.25) is 6.79 Å². The van der Waals surface area contributed by atoms with Crippen molar-refractivity contribution in [2.45, 2.75) is 32.6 Å². The van der Waals surface area contributed by atoms with Crippen molar-refractivity contribution in [1.82, 2.24) is 10.2 Å². The van der Waals surface area contributed by atoms with E-state index in [0.717, 1.165) is 0 Å². The molecular weight excluding hydrogens is 380 g/mol. The SMILES string of the molecule is CC1(C)CC(=O)C2=C(C1)Nc1[nH][nH]c(=O)c1[C@@H]2c1cc2c(cc1[N+](=O)[O-])OCO2. The van der Waals surface area contributed by atoms with Gasteiger partial charge in [-0.05, 0) is 17.9 Å². The third-order valence-electron chi connectivity index (χ3n) is 5.62. The first-order valence-electron chi connectivity index (χ1n) is 9.17. The molecule has 1 atom stereocenters. The zero-order valence-corrected chi connectivity index (χ0v) is 15.8. The molecule has 10 heteroatoms. The number of nitro groups is 1. The highest BCUT2D eigenvalue weighted by Gasteiger charge is 2.44. The number of carbonyl (C=O) groups excluding carboxylic acids is 1. The smallest absolute Gasteiger partial charge is 0.277 e. The van der Waals surface area contributed by atoms with Crippen molar-refractivity contribution in [2.75, 3.05) is 12.1 Å². The Morgan fingerprint density at radius 3 is 2.59 bits per heavy atom. The molecule has 2 aromatic rings. The quantitative estimate of drug-likeness (QED) is 0.522. The number of benzene rings is 1. The molecule has 0 radical (unpaired) electrons. The summed E-state index contributed by atoms with van der Waals surface area (Å²) in [5.41, 5.74) is 0.620. The number of aromatic nitrogens is 2. The van der Waals surface area contributed by atoms with E-state index in [9.17, 15) is 19.7 Å². The van der Waals surface area contributed by atoms with Crippen LogP contribution in [0.3, 0.4) is 0 Å². The van der Waals surface area contributed by atoms with E-state index in [1.165, 1.54) is 12.1 Å². The summed E-state index contributed by atoms with van der Waals surface area (Å²) < 4.78 is 10.7. The van der Waals surface area contributed by atoms with Crippen LogP contribution < -0.4 is 20.3 Å². The fourth-order valence-corrected chi connectivity index (χ4v) is 4.47. The lowest BCUT2D eigenvalue weighted by atomic mass is 9.69. The molecule has 3 aliphatic rings. The van der Waals surface area contributed by atoms with Crippen molar-refractivity contribution in [3.8, 4) is 11.5 Å². The average Bonchev–Trinajstić information content (AvgIpc) is 3.24. The maximum atomic E-state index is 13.1. The average molecular weight is 398 g/mol. The number of H-pyrrole nitrogens is 2. The Bertz CT molecular complexity index is 1170. The molecule has 1 aromatic carbocycles. The van der Waals surface area contributed by atoms with Gasteiger partial charge in [0.05, 0.1) is 22.5 Å². The highest BCUT2D eigenvalue weighted by molar-refractivity contribution is 6.01. The molecule has 0 saturated carbocycles. The minimum atomic E-state index is -0.880. The van der Waals surface area contributed by atoms with Gasteiger partial charge in [-0.25, -0.2) is 0 Å². The molecule has 0 amide bonds. The Morgan fingerprint density at radius 2 is 1.86 bits per heavy atom. The second kappa shape index (κ2) is 5.72. The number of hydrogen-bond acceptors (Lipinski definition) is 7. The number of allylic oxidation sites excluding steroid dienone is 2.